The van der Waals surface area contributed by atoms with Gasteiger partial charge in [0.2, 0.25) is 0 Å². The molecule has 3 aliphatic carbocycles. The van der Waals surface area contributed by atoms with Crippen LogP contribution in [0.15, 0.2) is 114 Å². The Labute approximate surface area is 360 Å². The molecule has 1 heterocycles. The highest BCUT2D eigenvalue weighted by Crippen LogP contribution is 2.66. The number of aliphatic hydroxyl groups excluding tert-OH is 3. The number of hydrogen-bond acceptors (Lipinski definition) is 13. The van der Waals surface area contributed by atoms with Crippen LogP contribution in [0.2, 0.25) is 0 Å². The Morgan fingerprint density at radius 3 is 1.98 bits per heavy atom. The highest BCUT2D eigenvalue weighted by atomic mass is 16.6. The van der Waals surface area contributed by atoms with Gasteiger partial charge in [0.15, 0.2) is 18.0 Å². The minimum atomic E-state index is -2.22. The van der Waals surface area contributed by atoms with Crippen LogP contribution < -0.4 is 5.32 Å². The zero-order valence-electron chi connectivity index (χ0n) is 35.6. The lowest BCUT2D eigenvalue weighted by molar-refractivity contribution is -0.362. The lowest BCUT2D eigenvalue weighted by Crippen LogP contribution is -2.80. The van der Waals surface area contributed by atoms with Gasteiger partial charge in [0.1, 0.15) is 23.9 Å². The van der Waals surface area contributed by atoms with Gasteiger partial charge in [-0.15, -0.1) is 0 Å². The average Bonchev–Trinajstić information content (AvgIpc) is 3.24. The number of fused-ring (bicyclic) bond motifs is 5. The molecule has 2 unspecified atom stereocenters. The van der Waals surface area contributed by atoms with Crippen LogP contribution in [0.1, 0.15) is 88.2 Å². The quantitative estimate of drug-likeness (QED) is 0.0777. The Hall–Kier alpha value is -5.22. The lowest BCUT2D eigenvalue weighted by Gasteiger charge is -2.69. The topological polar surface area (TPSA) is 207 Å². The van der Waals surface area contributed by atoms with E-state index in [4.69, 9.17) is 23.7 Å². The number of rotatable bonds is 11. The maximum absolute atomic E-state index is 14.4. The molecule has 0 radical (unpaired) electrons. The van der Waals surface area contributed by atoms with Crippen LogP contribution in [-0.4, -0.2) is 98.7 Å². The lowest BCUT2D eigenvalue weighted by atomic mass is 9.44. The van der Waals surface area contributed by atoms with Crippen molar-refractivity contribution in [2.75, 3.05) is 6.61 Å². The average molecular weight is 854 g/mol. The third-order valence-electron chi connectivity index (χ3n) is 13.8. The van der Waals surface area contributed by atoms with Crippen molar-refractivity contribution < 1.29 is 63.3 Å². The van der Waals surface area contributed by atoms with Crippen molar-refractivity contribution in [3.8, 4) is 0 Å². The molecule has 2 saturated carbocycles. The minimum Gasteiger partial charge on any atom is -0.456 e. The Morgan fingerprint density at radius 2 is 1.44 bits per heavy atom. The first-order chi connectivity index (χ1) is 29.3. The molecule has 330 valence electrons. The zero-order chi connectivity index (χ0) is 44.9. The summed E-state index contributed by atoms with van der Waals surface area (Å²) in [6.45, 7) is 13.5. The summed E-state index contributed by atoms with van der Waals surface area (Å²) in [5, 5.41) is 52.5. The van der Waals surface area contributed by atoms with E-state index in [-0.39, 0.29) is 29.7 Å². The number of carbonyl (C=O) groups excluding carboxylic acids is 4. The van der Waals surface area contributed by atoms with Crippen LogP contribution in [0.5, 0.6) is 0 Å². The van der Waals surface area contributed by atoms with E-state index in [0.29, 0.717) is 16.7 Å². The molecule has 7 rings (SSSR count). The molecular weight excluding hydrogens is 799 g/mol. The van der Waals surface area contributed by atoms with E-state index in [2.05, 4.69) is 11.9 Å². The molecule has 12 atom stereocenters. The van der Waals surface area contributed by atoms with Gasteiger partial charge in [0.05, 0.1) is 24.9 Å². The first-order valence-electron chi connectivity index (χ1n) is 20.7. The number of carbonyl (C=O) groups is 4. The second-order valence-corrected chi connectivity index (χ2v) is 17.6. The predicted octanol–water partition coefficient (Wildman–Crippen LogP) is 4.57. The molecule has 3 aromatic carbocycles. The molecule has 62 heavy (non-hydrogen) atoms. The maximum Gasteiger partial charge on any atom is 0.338 e. The highest BCUT2D eigenvalue weighted by molar-refractivity contribution is 5.95. The Bertz CT molecular complexity index is 2230. The summed E-state index contributed by atoms with van der Waals surface area (Å²) in [5.74, 6) is -4.35. The monoisotopic (exact) mass is 853 g/mol. The first-order valence-corrected chi connectivity index (χ1v) is 20.7. The predicted molar refractivity (Wildman–Crippen MR) is 222 cm³/mol. The number of aliphatic hydroxyl groups is 4. The van der Waals surface area contributed by atoms with Gasteiger partial charge in [0.25, 0.3) is 5.91 Å². The van der Waals surface area contributed by atoms with Crippen molar-refractivity contribution in [1.29, 1.82) is 0 Å². The fourth-order valence-corrected chi connectivity index (χ4v) is 10.4. The molecule has 0 spiro atoms. The molecule has 5 N–H and O–H groups in total. The van der Waals surface area contributed by atoms with Crippen molar-refractivity contribution in [2.45, 2.75) is 115 Å². The van der Waals surface area contributed by atoms with Crippen molar-refractivity contribution in [2.24, 2.45) is 16.7 Å². The van der Waals surface area contributed by atoms with Gasteiger partial charge in [-0.2, -0.15) is 0 Å². The smallest absolute Gasteiger partial charge is 0.338 e. The molecule has 2 bridgehead atoms. The van der Waals surface area contributed by atoms with Crippen LogP contribution >= 0.6 is 0 Å². The third-order valence-corrected chi connectivity index (χ3v) is 13.8. The van der Waals surface area contributed by atoms with Crippen molar-refractivity contribution >= 4 is 23.8 Å². The number of benzene rings is 3. The largest absolute Gasteiger partial charge is 0.456 e. The number of esters is 3. The third kappa shape index (κ3) is 7.46. The second kappa shape index (κ2) is 16.8. The Kier molecular flexibility index (Phi) is 12.2. The maximum atomic E-state index is 14.4. The molecule has 3 fully saturated rings. The second-order valence-electron chi connectivity index (χ2n) is 17.6. The first kappa shape index (κ1) is 44.8. The summed E-state index contributed by atoms with van der Waals surface area (Å²) < 4.78 is 31.2. The molecule has 1 amide bonds. The SMILES string of the molecule is C=C1[C@H](OC(C)=O)C2=C(C)[C@@H](OC(=O)[C@H](O)[C@@H](NC(=O)c3ccccc3)c3ccccc3)C[C@@](O)([C@@H](OC(O)c3ccccc3)C3[C@@]1(C)[C@@H](O)C[C@H]1OC[C@@]31OC(C)=O)C2(C)C. The van der Waals surface area contributed by atoms with E-state index in [1.54, 1.807) is 119 Å². The number of amides is 1. The van der Waals surface area contributed by atoms with E-state index in [1.165, 1.54) is 13.8 Å². The van der Waals surface area contributed by atoms with Gasteiger partial charge in [0, 0.05) is 54.6 Å². The Morgan fingerprint density at radius 1 is 0.855 bits per heavy atom. The standard InChI is InChI=1S/C48H55NO13/c1-26-33(60-44(56)38(53)37(30-17-11-8-12-18-30)49-42(54)31-19-13-9-14-20-31)24-48(57)41(61-43(55)32-21-15-10-16-22-32)40-46(7,27(2)39(59-28(3)50)36(26)45(48,5)6)34(52)23-35-47(40,25-58-35)62-29(4)51/h8-22,33-35,37-41,43,52-53,55,57H,2,23-25H2,1,3-7H3,(H,49,54)/t33-,34-,35+,37-,38+,39-,40?,41-,43?,46+,47-,48+/m0/s1. The van der Waals surface area contributed by atoms with Gasteiger partial charge in [-0.1, -0.05) is 106 Å². The molecule has 0 aromatic heterocycles. The zero-order valence-corrected chi connectivity index (χ0v) is 35.6. The van der Waals surface area contributed by atoms with Crippen LogP contribution in [0.4, 0.5) is 0 Å². The summed E-state index contributed by atoms with van der Waals surface area (Å²) in [6.07, 6.45) is -10.5. The molecule has 14 heteroatoms. The summed E-state index contributed by atoms with van der Waals surface area (Å²) in [6, 6.07) is 23.8. The summed E-state index contributed by atoms with van der Waals surface area (Å²) >= 11 is 0. The molecule has 1 aliphatic heterocycles. The summed E-state index contributed by atoms with van der Waals surface area (Å²) in [7, 11) is 0. The number of hydrogen-bond donors (Lipinski definition) is 5. The van der Waals surface area contributed by atoms with Gasteiger partial charge in [-0.25, -0.2) is 4.79 Å². The van der Waals surface area contributed by atoms with Crippen LogP contribution in [0.3, 0.4) is 0 Å². The highest BCUT2D eigenvalue weighted by Gasteiger charge is 2.76. The number of ether oxygens (including phenoxy) is 5. The van der Waals surface area contributed by atoms with Crippen LogP contribution in [-0.2, 0) is 38.1 Å². The van der Waals surface area contributed by atoms with Crippen molar-refractivity contribution in [3.05, 3.63) is 131 Å². The van der Waals surface area contributed by atoms with E-state index in [1.807, 2.05) is 0 Å². The van der Waals surface area contributed by atoms with E-state index in [9.17, 15) is 39.6 Å². The van der Waals surface area contributed by atoms with E-state index in [0.717, 1.165) is 0 Å². The molecule has 14 nitrogen and oxygen atoms in total. The van der Waals surface area contributed by atoms with Crippen LogP contribution in [0.25, 0.3) is 0 Å². The van der Waals surface area contributed by atoms with E-state index < -0.39 is 107 Å². The minimum absolute atomic E-state index is 0.0264. The van der Waals surface area contributed by atoms with Gasteiger partial charge in [-0.3, -0.25) is 14.4 Å². The molecule has 3 aromatic rings. The normalized spacial score (nSPS) is 32.5. The Balaban J connectivity index is 1.39. The van der Waals surface area contributed by atoms with Gasteiger partial charge < -0.3 is 49.4 Å². The van der Waals surface area contributed by atoms with Crippen molar-refractivity contribution in [3.63, 3.8) is 0 Å². The molecule has 4 aliphatic rings. The summed E-state index contributed by atoms with van der Waals surface area (Å²) in [5.41, 5.74) is -4.99. The fraction of sp³-hybridized carbons (Fsp3) is 0.458. The fourth-order valence-electron chi connectivity index (χ4n) is 10.4. The van der Waals surface area contributed by atoms with Crippen molar-refractivity contribution in [1.82, 2.24) is 5.32 Å². The van der Waals surface area contributed by atoms with Crippen LogP contribution in [0, 0.1) is 16.7 Å². The van der Waals surface area contributed by atoms with Gasteiger partial charge >= 0.3 is 17.9 Å². The molecule has 1 saturated heterocycles. The summed E-state index contributed by atoms with van der Waals surface area (Å²) in [4.78, 5) is 54.0. The van der Waals surface area contributed by atoms with E-state index >= 15 is 0 Å². The van der Waals surface area contributed by atoms with Gasteiger partial charge in [-0.05, 0) is 41.3 Å². The molecular formula is C48H55NO13. The number of nitrogens with one attached hydrogen (secondary N) is 1.